The third-order valence-electron chi connectivity index (χ3n) is 2.70. The lowest BCUT2D eigenvalue weighted by Crippen LogP contribution is -1.95. The predicted molar refractivity (Wildman–Crippen MR) is 74.3 cm³/mol. The normalized spacial score (nSPS) is 9.83. The Hall–Kier alpha value is -1.92. The molecule has 18 heavy (non-hydrogen) atoms. The maximum absolute atomic E-state index is 11.6. The van der Waals surface area contributed by atoms with E-state index in [0.29, 0.717) is 11.1 Å². The number of hydrogen-bond donors (Lipinski definition) is 0. The van der Waals surface area contributed by atoms with Crippen LogP contribution in [0.4, 0.5) is 0 Å². The zero-order valence-corrected chi connectivity index (χ0v) is 11.4. The summed E-state index contributed by atoms with van der Waals surface area (Å²) in [4.78, 5) is 11.6. The van der Waals surface area contributed by atoms with Gasteiger partial charge in [0.1, 0.15) is 6.07 Å². The van der Waals surface area contributed by atoms with Gasteiger partial charge in [0.15, 0.2) is 5.78 Å². The van der Waals surface area contributed by atoms with Crippen molar-refractivity contribution in [3.63, 3.8) is 0 Å². The summed E-state index contributed by atoms with van der Waals surface area (Å²) < 4.78 is 0.758. The van der Waals surface area contributed by atoms with Crippen LogP contribution in [-0.2, 0) is 0 Å². The molecule has 0 N–H and O–H groups in total. The van der Waals surface area contributed by atoms with E-state index in [0.717, 1.165) is 15.6 Å². The lowest BCUT2D eigenvalue weighted by atomic mass is 9.96. The molecule has 2 rings (SSSR count). The molecule has 0 aliphatic rings. The highest BCUT2D eigenvalue weighted by Gasteiger charge is 2.09. The van der Waals surface area contributed by atoms with Crippen LogP contribution in [0.2, 0.25) is 0 Å². The number of ketones is 1. The van der Waals surface area contributed by atoms with Crippen LogP contribution < -0.4 is 0 Å². The summed E-state index contributed by atoms with van der Waals surface area (Å²) in [6, 6.07) is 15.0. The van der Waals surface area contributed by atoms with Crippen LogP contribution >= 0.6 is 15.9 Å². The Morgan fingerprint density at radius 2 is 1.94 bits per heavy atom. The Morgan fingerprint density at radius 1 is 1.22 bits per heavy atom. The third-order valence-corrected chi connectivity index (χ3v) is 3.40. The Labute approximate surface area is 114 Å². The quantitative estimate of drug-likeness (QED) is 0.780. The molecule has 0 fully saturated rings. The number of Topliss-reactive ketones (excluding diaryl/α,β-unsaturated/α-hetero) is 1. The first-order valence-corrected chi connectivity index (χ1v) is 6.23. The van der Waals surface area contributed by atoms with Crippen LogP contribution in [0.1, 0.15) is 22.8 Å². The fourth-order valence-corrected chi connectivity index (χ4v) is 2.16. The number of nitrogens with zero attached hydrogens (tertiary/aromatic N) is 1. The zero-order chi connectivity index (χ0) is 13.1. The molecule has 0 aliphatic carbocycles. The van der Waals surface area contributed by atoms with Crippen molar-refractivity contribution in [1.82, 2.24) is 0 Å². The number of carbonyl (C=O) groups excluding carboxylic acids is 1. The molecule has 2 nitrogen and oxygen atoms in total. The molecule has 2 aromatic rings. The molecule has 0 saturated carbocycles. The van der Waals surface area contributed by atoms with Crippen LogP contribution in [-0.4, -0.2) is 5.78 Å². The maximum atomic E-state index is 11.6. The number of benzene rings is 2. The number of halogens is 1. The average Bonchev–Trinajstić information content (AvgIpc) is 2.39. The van der Waals surface area contributed by atoms with Gasteiger partial charge in [0, 0.05) is 10.0 Å². The molecule has 0 saturated heterocycles. The van der Waals surface area contributed by atoms with Gasteiger partial charge in [0.05, 0.1) is 5.56 Å². The average molecular weight is 300 g/mol. The van der Waals surface area contributed by atoms with Gasteiger partial charge in [0.25, 0.3) is 0 Å². The number of rotatable bonds is 2. The second-order valence-electron chi connectivity index (χ2n) is 3.91. The van der Waals surface area contributed by atoms with Crippen molar-refractivity contribution >= 4 is 21.7 Å². The van der Waals surface area contributed by atoms with Gasteiger partial charge in [-0.05, 0) is 46.1 Å². The Kier molecular flexibility index (Phi) is 3.59. The molecule has 3 heteroatoms. The summed E-state index contributed by atoms with van der Waals surface area (Å²) in [5, 5.41) is 9.02. The van der Waals surface area contributed by atoms with E-state index in [1.807, 2.05) is 30.3 Å². The first-order chi connectivity index (χ1) is 8.63. The second kappa shape index (κ2) is 5.16. The van der Waals surface area contributed by atoms with Gasteiger partial charge in [-0.2, -0.15) is 5.26 Å². The fraction of sp³-hybridized carbons (Fsp3) is 0.0667. The summed E-state index contributed by atoms with van der Waals surface area (Å²) in [7, 11) is 0. The largest absolute Gasteiger partial charge is 0.294 e. The summed E-state index contributed by atoms with van der Waals surface area (Å²) in [5.74, 6) is 0.0204. The summed E-state index contributed by atoms with van der Waals surface area (Å²) >= 11 is 3.32. The van der Waals surface area contributed by atoms with Gasteiger partial charge in [-0.15, -0.1) is 0 Å². The Balaban J connectivity index is 2.63. The van der Waals surface area contributed by atoms with Crippen molar-refractivity contribution in [3.8, 4) is 17.2 Å². The van der Waals surface area contributed by atoms with Crippen molar-refractivity contribution in [1.29, 1.82) is 5.26 Å². The molecule has 0 amide bonds. The van der Waals surface area contributed by atoms with Gasteiger partial charge in [-0.1, -0.05) is 30.3 Å². The van der Waals surface area contributed by atoms with Crippen molar-refractivity contribution in [2.24, 2.45) is 0 Å². The molecule has 0 radical (unpaired) electrons. The lowest BCUT2D eigenvalue weighted by molar-refractivity contribution is 0.101. The molecule has 0 unspecified atom stereocenters. The number of carbonyl (C=O) groups is 1. The third kappa shape index (κ3) is 2.34. The zero-order valence-electron chi connectivity index (χ0n) is 9.77. The molecular weight excluding hydrogens is 290 g/mol. The van der Waals surface area contributed by atoms with Gasteiger partial charge in [0.2, 0.25) is 0 Å². The minimum absolute atomic E-state index is 0.0204. The lowest BCUT2D eigenvalue weighted by Gasteiger charge is -2.07. The summed E-state index contributed by atoms with van der Waals surface area (Å²) in [6.45, 7) is 1.54. The van der Waals surface area contributed by atoms with Crippen LogP contribution in [0, 0.1) is 11.3 Å². The van der Waals surface area contributed by atoms with Gasteiger partial charge >= 0.3 is 0 Å². The van der Waals surface area contributed by atoms with E-state index >= 15 is 0 Å². The second-order valence-corrected chi connectivity index (χ2v) is 4.76. The van der Waals surface area contributed by atoms with E-state index in [-0.39, 0.29) is 5.78 Å². The molecule has 0 aromatic heterocycles. The van der Waals surface area contributed by atoms with E-state index in [1.54, 1.807) is 19.1 Å². The van der Waals surface area contributed by atoms with Crippen LogP contribution in [0.25, 0.3) is 11.1 Å². The van der Waals surface area contributed by atoms with E-state index in [2.05, 4.69) is 22.0 Å². The van der Waals surface area contributed by atoms with Crippen LogP contribution in [0.3, 0.4) is 0 Å². The molecule has 0 spiro atoms. The molecule has 0 aliphatic heterocycles. The van der Waals surface area contributed by atoms with Gasteiger partial charge < -0.3 is 0 Å². The molecule has 0 bridgehead atoms. The SMILES string of the molecule is CC(=O)c1ccccc1-c1ccc(Br)c(C#N)c1. The Bertz CT molecular complexity index is 656. The van der Waals surface area contributed by atoms with Crippen molar-refractivity contribution in [2.45, 2.75) is 6.92 Å². The first kappa shape index (κ1) is 12.5. The standard InChI is InChI=1S/C15H10BrNO/c1-10(18)13-4-2-3-5-14(13)11-6-7-15(16)12(8-11)9-17/h2-8H,1H3. The smallest absolute Gasteiger partial charge is 0.160 e. The molecular formula is C15H10BrNO. The van der Waals surface area contributed by atoms with E-state index < -0.39 is 0 Å². The molecule has 88 valence electrons. The highest BCUT2D eigenvalue weighted by molar-refractivity contribution is 9.10. The summed E-state index contributed by atoms with van der Waals surface area (Å²) in [6.07, 6.45) is 0. The molecule has 0 atom stereocenters. The van der Waals surface area contributed by atoms with E-state index in [1.165, 1.54) is 0 Å². The van der Waals surface area contributed by atoms with Gasteiger partial charge in [-0.25, -0.2) is 0 Å². The fourth-order valence-electron chi connectivity index (χ4n) is 1.82. The number of hydrogen-bond acceptors (Lipinski definition) is 2. The topological polar surface area (TPSA) is 40.9 Å². The van der Waals surface area contributed by atoms with Crippen LogP contribution in [0.15, 0.2) is 46.9 Å². The predicted octanol–water partition coefficient (Wildman–Crippen LogP) is 4.19. The molecule has 0 heterocycles. The highest BCUT2D eigenvalue weighted by atomic mass is 79.9. The van der Waals surface area contributed by atoms with E-state index in [4.69, 9.17) is 5.26 Å². The first-order valence-electron chi connectivity index (χ1n) is 5.43. The minimum atomic E-state index is 0.0204. The van der Waals surface area contributed by atoms with Crippen molar-refractivity contribution in [3.05, 3.63) is 58.1 Å². The number of nitriles is 1. The maximum Gasteiger partial charge on any atom is 0.160 e. The highest BCUT2D eigenvalue weighted by Crippen LogP contribution is 2.27. The van der Waals surface area contributed by atoms with E-state index in [9.17, 15) is 4.79 Å². The van der Waals surface area contributed by atoms with Crippen molar-refractivity contribution in [2.75, 3.05) is 0 Å². The van der Waals surface area contributed by atoms with Crippen molar-refractivity contribution < 1.29 is 4.79 Å². The summed E-state index contributed by atoms with van der Waals surface area (Å²) in [5.41, 5.74) is 2.96. The minimum Gasteiger partial charge on any atom is -0.294 e. The monoisotopic (exact) mass is 299 g/mol. The Morgan fingerprint density at radius 3 is 2.61 bits per heavy atom. The van der Waals surface area contributed by atoms with Gasteiger partial charge in [-0.3, -0.25) is 4.79 Å². The molecule has 2 aromatic carbocycles. The van der Waals surface area contributed by atoms with Crippen LogP contribution in [0.5, 0.6) is 0 Å².